The van der Waals surface area contributed by atoms with E-state index in [0.29, 0.717) is 23.6 Å². The van der Waals surface area contributed by atoms with Crippen LogP contribution in [0.4, 0.5) is 5.69 Å². The number of para-hydroxylation sites is 1. The lowest BCUT2D eigenvalue weighted by Crippen LogP contribution is -2.53. The van der Waals surface area contributed by atoms with Crippen LogP contribution in [0.5, 0.6) is 0 Å². The van der Waals surface area contributed by atoms with Crippen LogP contribution in [-0.4, -0.2) is 50.0 Å². The van der Waals surface area contributed by atoms with E-state index < -0.39 is 16.1 Å². The van der Waals surface area contributed by atoms with E-state index in [2.05, 4.69) is 5.32 Å². The molecule has 3 aromatic carbocycles. The van der Waals surface area contributed by atoms with E-state index in [1.165, 1.54) is 17.0 Å². The average Bonchev–Trinajstić information content (AvgIpc) is 2.99. The van der Waals surface area contributed by atoms with Gasteiger partial charge in [-0.2, -0.15) is 0 Å². The molecule has 0 aliphatic heterocycles. The predicted octanol–water partition coefficient (Wildman–Crippen LogP) is 6.28. The Labute approximate surface area is 261 Å². The Bertz CT molecular complexity index is 1480. The van der Waals surface area contributed by atoms with Crippen LogP contribution in [0.2, 0.25) is 5.02 Å². The minimum atomic E-state index is -3.57. The second-order valence-corrected chi connectivity index (χ2v) is 13.7. The van der Waals surface area contributed by atoms with Crippen molar-refractivity contribution in [3.8, 4) is 0 Å². The first-order chi connectivity index (χ1) is 20.6. The van der Waals surface area contributed by atoms with Gasteiger partial charge in [0.05, 0.1) is 11.9 Å². The lowest BCUT2D eigenvalue weighted by atomic mass is 9.94. The average molecular weight is 624 g/mol. The maximum Gasteiger partial charge on any atom is 0.243 e. The van der Waals surface area contributed by atoms with Crippen molar-refractivity contribution >= 4 is 39.1 Å². The molecule has 0 unspecified atom stereocenters. The number of rotatable bonds is 13. The lowest BCUT2D eigenvalue weighted by molar-refractivity contribution is -0.141. The summed E-state index contributed by atoms with van der Waals surface area (Å²) in [5.41, 5.74) is 3.13. The van der Waals surface area contributed by atoms with Gasteiger partial charge in [0.2, 0.25) is 21.8 Å². The topological polar surface area (TPSA) is 86.8 Å². The molecule has 1 fully saturated rings. The second kappa shape index (κ2) is 15.4. The molecule has 1 aliphatic rings. The SMILES string of the molecule is Cc1ccccc1N(CCCC(=O)N(Cc1ccccc1Cl)[C@H](Cc1ccccc1)C(=O)NC1CCCCC1)S(C)(=O)=O. The number of amides is 2. The predicted molar refractivity (Wildman–Crippen MR) is 174 cm³/mol. The number of hydrogen-bond donors (Lipinski definition) is 1. The van der Waals surface area contributed by atoms with Crippen molar-refractivity contribution in [1.82, 2.24) is 10.2 Å². The van der Waals surface area contributed by atoms with Crippen LogP contribution < -0.4 is 9.62 Å². The van der Waals surface area contributed by atoms with E-state index in [1.807, 2.05) is 67.6 Å². The zero-order valence-corrected chi connectivity index (χ0v) is 26.6. The molecule has 43 heavy (non-hydrogen) atoms. The van der Waals surface area contributed by atoms with Gasteiger partial charge in [-0.15, -0.1) is 0 Å². The number of anilines is 1. The van der Waals surface area contributed by atoms with Crippen molar-refractivity contribution in [2.24, 2.45) is 0 Å². The Hall–Kier alpha value is -3.36. The Kier molecular flexibility index (Phi) is 11.7. The Balaban J connectivity index is 1.60. The summed E-state index contributed by atoms with van der Waals surface area (Å²) in [5.74, 6) is -0.397. The molecule has 1 saturated carbocycles. The van der Waals surface area contributed by atoms with Crippen LogP contribution in [0.3, 0.4) is 0 Å². The van der Waals surface area contributed by atoms with E-state index >= 15 is 0 Å². The highest BCUT2D eigenvalue weighted by Crippen LogP contribution is 2.25. The number of nitrogens with one attached hydrogen (secondary N) is 1. The zero-order valence-electron chi connectivity index (χ0n) is 25.0. The molecule has 0 bridgehead atoms. The summed E-state index contributed by atoms with van der Waals surface area (Å²) in [6.45, 7) is 2.18. The molecule has 1 aliphatic carbocycles. The number of halogens is 1. The Morgan fingerprint density at radius 1 is 0.930 bits per heavy atom. The molecule has 0 spiro atoms. The number of carbonyl (C=O) groups excluding carboxylic acids is 2. The molecule has 0 radical (unpaired) electrons. The molecule has 230 valence electrons. The number of carbonyl (C=O) groups is 2. The number of nitrogens with zero attached hydrogens (tertiary/aromatic N) is 2. The standard InChI is InChI=1S/C34H42ClN3O4S/c1-26-14-9-12-21-31(26)38(43(2,41)42)23-13-22-33(39)37(25-28-17-10-11-20-30(28)35)32(24-27-15-5-3-6-16-27)34(40)36-29-18-7-4-8-19-29/h3,5-6,9-12,14-17,20-21,29,32H,4,7-8,13,18-19,22-25H2,1-2H3,(H,36,40)/t32-/m1/s1. The second-order valence-electron chi connectivity index (χ2n) is 11.4. The van der Waals surface area contributed by atoms with Crippen LogP contribution in [0.25, 0.3) is 0 Å². The number of hydrogen-bond acceptors (Lipinski definition) is 4. The molecule has 7 nitrogen and oxygen atoms in total. The fraction of sp³-hybridized carbons (Fsp3) is 0.412. The molecule has 2 amide bonds. The van der Waals surface area contributed by atoms with Gasteiger partial charge in [-0.3, -0.25) is 13.9 Å². The van der Waals surface area contributed by atoms with Crippen LogP contribution in [-0.2, 0) is 32.6 Å². The van der Waals surface area contributed by atoms with Gasteiger partial charge >= 0.3 is 0 Å². The first-order valence-electron chi connectivity index (χ1n) is 15.0. The third-order valence-electron chi connectivity index (χ3n) is 8.06. The van der Waals surface area contributed by atoms with E-state index in [4.69, 9.17) is 11.6 Å². The molecule has 4 rings (SSSR count). The van der Waals surface area contributed by atoms with Crippen LogP contribution in [0, 0.1) is 6.92 Å². The van der Waals surface area contributed by atoms with Gasteiger partial charge in [-0.1, -0.05) is 97.6 Å². The maximum absolute atomic E-state index is 14.1. The van der Waals surface area contributed by atoms with Gasteiger partial charge in [-0.05, 0) is 55.0 Å². The van der Waals surface area contributed by atoms with Crippen molar-refractivity contribution in [2.75, 3.05) is 17.1 Å². The molecule has 1 N–H and O–H groups in total. The van der Waals surface area contributed by atoms with E-state index in [-0.39, 0.29) is 37.4 Å². The molecule has 0 saturated heterocycles. The quantitative estimate of drug-likeness (QED) is 0.243. The lowest BCUT2D eigenvalue weighted by Gasteiger charge is -2.34. The number of benzene rings is 3. The summed E-state index contributed by atoms with van der Waals surface area (Å²) in [4.78, 5) is 29.6. The summed E-state index contributed by atoms with van der Waals surface area (Å²) in [5, 5.41) is 3.77. The minimum Gasteiger partial charge on any atom is -0.352 e. The van der Waals surface area contributed by atoms with E-state index in [0.717, 1.165) is 42.4 Å². The van der Waals surface area contributed by atoms with Gasteiger partial charge in [0.15, 0.2) is 0 Å². The third-order valence-corrected chi connectivity index (χ3v) is 9.61. The summed E-state index contributed by atoms with van der Waals surface area (Å²) < 4.78 is 26.8. The van der Waals surface area contributed by atoms with Crippen molar-refractivity contribution < 1.29 is 18.0 Å². The van der Waals surface area contributed by atoms with Crippen molar-refractivity contribution in [3.05, 3.63) is 101 Å². The Morgan fingerprint density at radius 2 is 1.58 bits per heavy atom. The fourth-order valence-corrected chi connectivity index (χ4v) is 6.95. The van der Waals surface area contributed by atoms with Crippen molar-refractivity contribution in [3.63, 3.8) is 0 Å². The summed E-state index contributed by atoms with van der Waals surface area (Å²) in [6.07, 6.45) is 7.09. The van der Waals surface area contributed by atoms with E-state index in [9.17, 15) is 18.0 Å². The Morgan fingerprint density at radius 3 is 2.26 bits per heavy atom. The number of aryl methyl sites for hydroxylation is 1. The number of sulfonamides is 1. The van der Waals surface area contributed by atoms with Crippen molar-refractivity contribution in [2.45, 2.75) is 76.9 Å². The summed E-state index contributed by atoms with van der Waals surface area (Å²) >= 11 is 6.54. The highest BCUT2D eigenvalue weighted by molar-refractivity contribution is 7.92. The normalized spacial score (nSPS) is 14.6. The molecule has 1 atom stereocenters. The van der Waals surface area contributed by atoms with Crippen LogP contribution in [0.15, 0.2) is 78.9 Å². The largest absolute Gasteiger partial charge is 0.352 e. The molecular formula is C34H42ClN3O4S. The first kappa shape index (κ1) is 32.6. The fourth-order valence-electron chi connectivity index (χ4n) is 5.73. The van der Waals surface area contributed by atoms with Gasteiger partial charge in [0, 0.05) is 37.0 Å². The smallest absolute Gasteiger partial charge is 0.243 e. The van der Waals surface area contributed by atoms with Gasteiger partial charge in [0.25, 0.3) is 0 Å². The van der Waals surface area contributed by atoms with Gasteiger partial charge in [0.1, 0.15) is 6.04 Å². The molecule has 3 aromatic rings. The zero-order chi connectivity index (χ0) is 30.8. The van der Waals surface area contributed by atoms with Gasteiger partial charge < -0.3 is 10.2 Å². The van der Waals surface area contributed by atoms with Gasteiger partial charge in [-0.25, -0.2) is 8.42 Å². The van der Waals surface area contributed by atoms with Crippen molar-refractivity contribution in [1.29, 1.82) is 0 Å². The van der Waals surface area contributed by atoms with Crippen LogP contribution in [0.1, 0.15) is 61.6 Å². The molecule has 0 heterocycles. The van der Waals surface area contributed by atoms with E-state index in [1.54, 1.807) is 23.1 Å². The molecule has 0 aromatic heterocycles. The summed E-state index contributed by atoms with van der Waals surface area (Å²) in [6, 6.07) is 23.7. The molecule has 9 heteroatoms. The minimum absolute atomic E-state index is 0.0738. The third kappa shape index (κ3) is 9.31. The molecular weight excluding hydrogens is 582 g/mol. The summed E-state index contributed by atoms with van der Waals surface area (Å²) in [7, 11) is -3.57. The first-order valence-corrected chi connectivity index (χ1v) is 17.3. The highest BCUT2D eigenvalue weighted by atomic mass is 35.5. The highest BCUT2D eigenvalue weighted by Gasteiger charge is 2.32. The van der Waals surface area contributed by atoms with Crippen LogP contribution >= 0.6 is 11.6 Å². The maximum atomic E-state index is 14.1. The monoisotopic (exact) mass is 623 g/mol.